The van der Waals surface area contributed by atoms with Gasteiger partial charge in [-0.25, -0.2) is 4.79 Å². The number of carbonyl (C=O) groups is 4. The summed E-state index contributed by atoms with van der Waals surface area (Å²) in [5.74, 6) is -0.554. The molecule has 0 bridgehead atoms. The van der Waals surface area contributed by atoms with E-state index >= 15 is 0 Å². The van der Waals surface area contributed by atoms with Gasteiger partial charge in [-0.1, -0.05) is 30.3 Å². The lowest BCUT2D eigenvalue weighted by atomic mass is 10.1. The van der Waals surface area contributed by atoms with Gasteiger partial charge < -0.3 is 20.7 Å². The molecule has 3 aromatic carbocycles. The van der Waals surface area contributed by atoms with Crippen LogP contribution >= 0.6 is 0 Å². The van der Waals surface area contributed by atoms with Crippen LogP contribution in [0.3, 0.4) is 0 Å². The van der Waals surface area contributed by atoms with Crippen LogP contribution in [0.2, 0.25) is 0 Å². The van der Waals surface area contributed by atoms with Gasteiger partial charge in [-0.15, -0.1) is 0 Å². The van der Waals surface area contributed by atoms with Crippen molar-refractivity contribution in [3.05, 3.63) is 90.0 Å². The maximum Gasteiger partial charge on any atom is 0.325 e. The predicted octanol–water partition coefficient (Wildman–Crippen LogP) is 3.44. The summed E-state index contributed by atoms with van der Waals surface area (Å²) in [7, 11) is 0. The van der Waals surface area contributed by atoms with Gasteiger partial charge in [0.15, 0.2) is 0 Å². The summed E-state index contributed by atoms with van der Waals surface area (Å²) in [4.78, 5) is 50.8. The molecule has 9 heteroatoms. The summed E-state index contributed by atoms with van der Waals surface area (Å²) in [5, 5.41) is 8.07. The smallest absolute Gasteiger partial charge is 0.325 e. The molecular formula is C27H26N4O5. The molecular weight excluding hydrogens is 460 g/mol. The van der Waals surface area contributed by atoms with Gasteiger partial charge in [0.1, 0.15) is 18.3 Å². The number of imide groups is 1. The summed E-state index contributed by atoms with van der Waals surface area (Å²) in [6.45, 7) is 2.05. The van der Waals surface area contributed by atoms with Gasteiger partial charge in [0, 0.05) is 23.4 Å². The molecule has 9 nitrogen and oxygen atoms in total. The number of nitrogens with zero attached hydrogens (tertiary/aromatic N) is 1. The fourth-order valence-electron chi connectivity index (χ4n) is 3.77. The third kappa shape index (κ3) is 6.06. The average molecular weight is 487 g/mol. The highest BCUT2D eigenvalue weighted by molar-refractivity contribution is 6.08. The number of hydrogen-bond donors (Lipinski definition) is 3. The summed E-state index contributed by atoms with van der Waals surface area (Å²) in [6.07, 6.45) is 0.351. The second kappa shape index (κ2) is 11.2. The molecule has 5 amide bonds. The normalized spacial score (nSPS) is 14.8. The molecule has 3 N–H and O–H groups in total. The maximum absolute atomic E-state index is 12.6. The molecule has 3 aromatic rings. The van der Waals surface area contributed by atoms with Gasteiger partial charge in [-0.3, -0.25) is 19.3 Å². The van der Waals surface area contributed by atoms with E-state index in [0.29, 0.717) is 30.0 Å². The Bertz CT molecular complexity index is 1240. The Hall–Kier alpha value is -4.66. The van der Waals surface area contributed by atoms with Crippen molar-refractivity contribution in [1.82, 2.24) is 10.2 Å². The number of ether oxygens (including phenoxy) is 1. The van der Waals surface area contributed by atoms with Gasteiger partial charge in [0.2, 0.25) is 5.91 Å². The van der Waals surface area contributed by atoms with Crippen molar-refractivity contribution in [3.8, 4) is 5.75 Å². The van der Waals surface area contributed by atoms with Crippen LogP contribution in [0.25, 0.3) is 0 Å². The zero-order chi connectivity index (χ0) is 25.5. The summed E-state index contributed by atoms with van der Waals surface area (Å²) < 4.78 is 5.39. The molecule has 1 atom stereocenters. The number of hydrogen-bond acceptors (Lipinski definition) is 5. The van der Waals surface area contributed by atoms with E-state index in [2.05, 4.69) is 16.0 Å². The molecule has 1 saturated heterocycles. The van der Waals surface area contributed by atoms with Gasteiger partial charge in [-0.2, -0.15) is 0 Å². The fourth-order valence-corrected chi connectivity index (χ4v) is 3.77. The van der Waals surface area contributed by atoms with Crippen LogP contribution in [0.5, 0.6) is 5.75 Å². The monoisotopic (exact) mass is 486 g/mol. The van der Waals surface area contributed by atoms with Crippen molar-refractivity contribution in [2.24, 2.45) is 0 Å². The molecule has 1 heterocycles. The summed E-state index contributed by atoms with van der Waals surface area (Å²) in [5.41, 5.74) is 2.37. The Morgan fingerprint density at radius 1 is 0.889 bits per heavy atom. The predicted molar refractivity (Wildman–Crippen MR) is 135 cm³/mol. The zero-order valence-electron chi connectivity index (χ0n) is 19.7. The van der Waals surface area contributed by atoms with E-state index in [9.17, 15) is 19.2 Å². The topological polar surface area (TPSA) is 117 Å². The van der Waals surface area contributed by atoms with Crippen LogP contribution in [0.4, 0.5) is 16.2 Å². The van der Waals surface area contributed by atoms with Crippen LogP contribution in [-0.2, 0) is 16.0 Å². The van der Waals surface area contributed by atoms with Gasteiger partial charge >= 0.3 is 6.03 Å². The first-order chi connectivity index (χ1) is 17.4. The van der Waals surface area contributed by atoms with Gasteiger partial charge in [0.25, 0.3) is 11.8 Å². The minimum absolute atomic E-state index is 0.305. The van der Waals surface area contributed by atoms with Crippen LogP contribution in [0, 0.1) is 0 Å². The molecule has 184 valence electrons. The average Bonchev–Trinajstić information content (AvgIpc) is 3.13. The Labute approximate surface area is 208 Å². The molecule has 0 unspecified atom stereocenters. The molecule has 0 aliphatic carbocycles. The first kappa shape index (κ1) is 24.5. The first-order valence-corrected chi connectivity index (χ1v) is 11.5. The number of benzene rings is 3. The van der Waals surface area contributed by atoms with Crippen LogP contribution in [0.1, 0.15) is 22.8 Å². The number of amides is 5. The van der Waals surface area contributed by atoms with Crippen LogP contribution < -0.4 is 20.7 Å². The number of nitrogens with one attached hydrogen (secondary N) is 3. The maximum atomic E-state index is 12.6. The number of urea groups is 1. The van der Waals surface area contributed by atoms with Gasteiger partial charge in [0.05, 0.1) is 6.61 Å². The number of rotatable bonds is 9. The Balaban J connectivity index is 1.29. The Morgan fingerprint density at radius 3 is 2.19 bits per heavy atom. The van der Waals surface area contributed by atoms with Gasteiger partial charge in [-0.05, 0) is 61.0 Å². The van der Waals surface area contributed by atoms with E-state index in [1.54, 1.807) is 48.5 Å². The van der Waals surface area contributed by atoms with Crippen molar-refractivity contribution in [3.63, 3.8) is 0 Å². The van der Waals surface area contributed by atoms with Crippen molar-refractivity contribution in [2.75, 3.05) is 23.8 Å². The molecule has 1 fully saturated rings. The molecule has 1 aliphatic rings. The number of anilines is 2. The second-order valence-corrected chi connectivity index (χ2v) is 8.15. The highest BCUT2D eigenvalue weighted by atomic mass is 16.5. The molecule has 4 rings (SSSR count). The van der Waals surface area contributed by atoms with E-state index in [0.717, 1.165) is 16.2 Å². The Kier molecular flexibility index (Phi) is 7.60. The lowest BCUT2D eigenvalue weighted by Gasteiger charge is -2.13. The fraction of sp³-hybridized carbons (Fsp3) is 0.185. The molecule has 1 aliphatic heterocycles. The summed E-state index contributed by atoms with van der Waals surface area (Å²) >= 11 is 0. The molecule has 0 aromatic heterocycles. The second-order valence-electron chi connectivity index (χ2n) is 8.15. The van der Waals surface area contributed by atoms with E-state index in [1.807, 2.05) is 37.3 Å². The highest BCUT2D eigenvalue weighted by Crippen LogP contribution is 2.18. The standard InChI is InChI=1S/C27H26N4O5/c1-2-36-22-14-12-21(13-15-22)29-25(33)19-8-10-20(11-9-19)28-24(32)17-31-26(34)23(30-27(31)35)16-18-6-4-3-5-7-18/h3-15,23H,2,16-17H2,1H3,(H,28,32)(H,29,33)(H,30,35)/t23-/m1/s1. The largest absolute Gasteiger partial charge is 0.494 e. The van der Waals surface area contributed by atoms with Crippen molar-refractivity contribution < 1.29 is 23.9 Å². The van der Waals surface area contributed by atoms with E-state index in [4.69, 9.17) is 4.74 Å². The van der Waals surface area contributed by atoms with Crippen molar-refractivity contribution >= 4 is 35.1 Å². The summed E-state index contributed by atoms with van der Waals surface area (Å²) in [6, 6.07) is 21.4. The lowest BCUT2D eigenvalue weighted by molar-refractivity contribution is -0.130. The van der Waals surface area contributed by atoms with Crippen LogP contribution in [0.15, 0.2) is 78.9 Å². The first-order valence-electron chi connectivity index (χ1n) is 11.5. The van der Waals surface area contributed by atoms with Crippen molar-refractivity contribution in [1.29, 1.82) is 0 Å². The SMILES string of the molecule is CCOc1ccc(NC(=O)c2ccc(NC(=O)CN3C(=O)N[C@H](Cc4ccccc4)C3=O)cc2)cc1. The molecule has 0 spiro atoms. The van der Waals surface area contributed by atoms with E-state index < -0.39 is 30.4 Å². The van der Waals surface area contributed by atoms with Crippen LogP contribution in [-0.4, -0.2) is 47.8 Å². The van der Waals surface area contributed by atoms with E-state index in [-0.39, 0.29) is 5.91 Å². The van der Waals surface area contributed by atoms with Crippen molar-refractivity contribution in [2.45, 2.75) is 19.4 Å². The minimum atomic E-state index is -0.708. The third-order valence-electron chi connectivity index (χ3n) is 5.55. The molecule has 0 saturated carbocycles. The zero-order valence-corrected chi connectivity index (χ0v) is 19.7. The number of carbonyl (C=O) groups excluding carboxylic acids is 4. The minimum Gasteiger partial charge on any atom is -0.494 e. The molecule has 0 radical (unpaired) electrons. The lowest BCUT2D eigenvalue weighted by Crippen LogP contribution is -2.38. The Morgan fingerprint density at radius 2 is 1.53 bits per heavy atom. The highest BCUT2D eigenvalue weighted by Gasteiger charge is 2.38. The molecule has 36 heavy (non-hydrogen) atoms. The van der Waals surface area contributed by atoms with E-state index in [1.165, 1.54) is 0 Å². The quantitative estimate of drug-likeness (QED) is 0.401. The third-order valence-corrected chi connectivity index (χ3v) is 5.55.